The summed E-state index contributed by atoms with van der Waals surface area (Å²) in [6.07, 6.45) is 0. The topological polar surface area (TPSA) is 147 Å². The van der Waals surface area contributed by atoms with Crippen LogP contribution in [0.4, 0.5) is 0 Å². The molecule has 10 heavy (non-hydrogen) atoms. The highest BCUT2D eigenvalue weighted by Gasteiger charge is 2.27. The number of rotatable bonds is 2. The molecule has 1 atom stereocenters. The van der Waals surface area contributed by atoms with Gasteiger partial charge in [-0.3, -0.25) is 4.55 Å². The summed E-state index contributed by atoms with van der Waals surface area (Å²) < 4.78 is 27.2. The van der Waals surface area contributed by atoms with E-state index in [1.165, 1.54) is 0 Å². The van der Waals surface area contributed by atoms with Crippen LogP contribution in [0.2, 0.25) is 0 Å². The minimum Gasteiger partial charge on any atom is -0.478 e. The Balaban J connectivity index is 0. The fraction of sp³-hybridized carbons (Fsp3) is 0.500. The molecular weight excluding hydrogens is 166 g/mol. The van der Waals surface area contributed by atoms with Gasteiger partial charge in [0.2, 0.25) is 0 Å². The summed E-state index contributed by atoms with van der Waals surface area (Å²) in [4.78, 5) is 9.56. The lowest BCUT2D eigenvalue weighted by atomic mass is 10.7. The average Bonchev–Trinajstić information content (AvgIpc) is 1.62. The molecule has 0 radical (unpaired) electrons. The van der Waals surface area contributed by atoms with Crippen LogP contribution in [0, 0.1) is 0 Å². The number of carboxylic acids is 1. The Hall–Kier alpha value is -0.700. The third-order valence-corrected chi connectivity index (χ3v) is 1.26. The Morgan fingerprint density at radius 3 is 1.70 bits per heavy atom. The number of aliphatic carboxylic acids is 1. The number of hydrogen-bond donors (Lipinski definition) is 4. The minimum atomic E-state index is -4.85. The van der Waals surface area contributed by atoms with Gasteiger partial charge in [-0.2, -0.15) is 8.42 Å². The number of aliphatic hydroxyl groups is 1. The van der Waals surface area contributed by atoms with Crippen molar-refractivity contribution in [1.82, 2.24) is 6.15 Å². The van der Waals surface area contributed by atoms with Gasteiger partial charge in [-0.1, -0.05) is 0 Å². The summed E-state index contributed by atoms with van der Waals surface area (Å²) in [7, 11) is -4.85. The summed E-state index contributed by atoms with van der Waals surface area (Å²) >= 11 is 0. The molecule has 0 amide bonds. The maximum atomic E-state index is 9.70. The van der Waals surface area contributed by atoms with Crippen molar-refractivity contribution in [1.29, 1.82) is 0 Å². The molecule has 0 aliphatic rings. The Morgan fingerprint density at radius 1 is 1.40 bits per heavy atom. The molecule has 8 heteroatoms. The second-order valence-corrected chi connectivity index (χ2v) is 2.68. The molecule has 0 aliphatic heterocycles. The van der Waals surface area contributed by atoms with E-state index in [-0.39, 0.29) is 6.15 Å². The van der Waals surface area contributed by atoms with Gasteiger partial charge < -0.3 is 16.4 Å². The first-order valence-corrected chi connectivity index (χ1v) is 3.23. The smallest absolute Gasteiger partial charge is 0.351 e. The van der Waals surface area contributed by atoms with Crippen molar-refractivity contribution in [2.45, 2.75) is 5.44 Å². The van der Waals surface area contributed by atoms with Crippen LogP contribution >= 0.6 is 0 Å². The van der Waals surface area contributed by atoms with Crippen LogP contribution in [0.3, 0.4) is 0 Å². The van der Waals surface area contributed by atoms with Crippen molar-refractivity contribution in [2.24, 2.45) is 0 Å². The highest BCUT2D eigenvalue weighted by molar-refractivity contribution is 7.87. The number of carboxylic acid groups (broad SMARTS) is 1. The quantitative estimate of drug-likeness (QED) is 0.369. The molecule has 0 fully saturated rings. The molecule has 0 heterocycles. The predicted octanol–water partition coefficient (Wildman–Crippen LogP) is -1.56. The van der Waals surface area contributed by atoms with Gasteiger partial charge in [0.05, 0.1) is 0 Å². The molecule has 0 aliphatic carbocycles. The molecule has 0 aromatic heterocycles. The van der Waals surface area contributed by atoms with Gasteiger partial charge in [0, 0.05) is 0 Å². The molecule has 0 aromatic rings. The predicted molar refractivity (Wildman–Crippen MR) is 30.2 cm³/mol. The van der Waals surface area contributed by atoms with Gasteiger partial charge >= 0.3 is 16.1 Å². The highest BCUT2D eigenvalue weighted by Crippen LogP contribution is 1.91. The second kappa shape index (κ2) is 3.46. The first-order chi connectivity index (χ1) is 3.85. The van der Waals surface area contributed by atoms with Crippen molar-refractivity contribution in [3.8, 4) is 0 Å². The first-order valence-electron chi connectivity index (χ1n) is 1.73. The second-order valence-electron chi connectivity index (χ2n) is 1.21. The largest absolute Gasteiger partial charge is 0.478 e. The monoisotopic (exact) mass is 173 g/mol. The number of carbonyl (C=O) groups is 1. The molecule has 0 aromatic carbocycles. The molecule has 62 valence electrons. The Labute approximate surface area is 56.6 Å². The van der Waals surface area contributed by atoms with E-state index in [2.05, 4.69) is 0 Å². The summed E-state index contributed by atoms with van der Waals surface area (Å²) in [5.41, 5.74) is -2.74. The lowest BCUT2D eigenvalue weighted by Crippen LogP contribution is -2.28. The molecule has 7 nitrogen and oxygen atoms in total. The summed E-state index contributed by atoms with van der Waals surface area (Å²) in [6.45, 7) is 0. The fourth-order valence-corrected chi connectivity index (χ4v) is 0.382. The first kappa shape index (κ1) is 12.0. The van der Waals surface area contributed by atoms with E-state index in [0.717, 1.165) is 0 Å². The number of aliphatic hydroxyl groups excluding tert-OH is 1. The standard InChI is InChI=1S/C2H4O6S.H3N/c3-1(4)2(5)9(6,7)8;/h2,5H,(H,3,4)(H,6,7,8);1H3. The zero-order valence-electron chi connectivity index (χ0n) is 4.76. The SMILES string of the molecule is N.O=C(O)C(O)S(=O)(=O)O. The van der Waals surface area contributed by atoms with Crippen molar-refractivity contribution in [3.05, 3.63) is 0 Å². The number of hydrogen-bond acceptors (Lipinski definition) is 5. The molecule has 0 spiro atoms. The van der Waals surface area contributed by atoms with Crippen LogP contribution in [-0.2, 0) is 14.9 Å². The Bertz CT molecular complexity index is 206. The molecule has 0 bridgehead atoms. The van der Waals surface area contributed by atoms with E-state index in [0.29, 0.717) is 0 Å². The van der Waals surface area contributed by atoms with Gasteiger partial charge in [0.25, 0.3) is 5.44 Å². The van der Waals surface area contributed by atoms with Crippen LogP contribution in [-0.4, -0.2) is 34.6 Å². The summed E-state index contributed by atoms with van der Waals surface area (Å²) in [5.74, 6) is -2.00. The molecule has 1 unspecified atom stereocenters. The zero-order valence-corrected chi connectivity index (χ0v) is 5.58. The molecule has 6 N–H and O–H groups in total. The van der Waals surface area contributed by atoms with Crippen molar-refractivity contribution in [2.75, 3.05) is 0 Å². The van der Waals surface area contributed by atoms with Crippen molar-refractivity contribution >= 4 is 16.1 Å². The van der Waals surface area contributed by atoms with Gasteiger partial charge in [0.15, 0.2) is 0 Å². The average molecular weight is 173 g/mol. The van der Waals surface area contributed by atoms with E-state index < -0.39 is 21.5 Å². The van der Waals surface area contributed by atoms with E-state index in [1.54, 1.807) is 0 Å². The fourth-order valence-electron chi connectivity index (χ4n) is 0.127. The van der Waals surface area contributed by atoms with E-state index in [9.17, 15) is 13.2 Å². The van der Waals surface area contributed by atoms with Crippen LogP contribution in [0.5, 0.6) is 0 Å². The van der Waals surface area contributed by atoms with Crippen LogP contribution in [0.15, 0.2) is 0 Å². The highest BCUT2D eigenvalue weighted by atomic mass is 32.2. The van der Waals surface area contributed by atoms with Crippen molar-refractivity contribution < 1.29 is 28.0 Å². The Morgan fingerprint density at radius 2 is 1.70 bits per heavy atom. The third kappa shape index (κ3) is 3.35. The zero-order chi connectivity index (χ0) is 7.65. The van der Waals surface area contributed by atoms with E-state index in [1.807, 2.05) is 0 Å². The van der Waals surface area contributed by atoms with Crippen LogP contribution < -0.4 is 6.15 Å². The molecule has 0 rings (SSSR count). The molecule has 0 saturated heterocycles. The third-order valence-electron chi connectivity index (χ3n) is 0.493. The van der Waals surface area contributed by atoms with Gasteiger partial charge in [0.1, 0.15) is 0 Å². The lowest BCUT2D eigenvalue weighted by Gasteiger charge is -1.97. The summed E-state index contributed by atoms with van der Waals surface area (Å²) in [5, 5.41) is 15.8. The van der Waals surface area contributed by atoms with E-state index in [4.69, 9.17) is 14.8 Å². The van der Waals surface area contributed by atoms with E-state index >= 15 is 0 Å². The summed E-state index contributed by atoms with van der Waals surface area (Å²) in [6, 6.07) is 0. The molecule has 0 saturated carbocycles. The lowest BCUT2D eigenvalue weighted by molar-refractivity contribution is -0.142. The minimum absolute atomic E-state index is 0. The van der Waals surface area contributed by atoms with Crippen molar-refractivity contribution in [3.63, 3.8) is 0 Å². The normalized spacial score (nSPS) is 13.4. The van der Waals surface area contributed by atoms with Gasteiger partial charge in [-0.15, -0.1) is 0 Å². The molecular formula is C2H7NO6S. The maximum absolute atomic E-state index is 9.70. The van der Waals surface area contributed by atoms with Crippen LogP contribution in [0.1, 0.15) is 0 Å². The van der Waals surface area contributed by atoms with Crippen LogP contribution in [0.25, 0.3) is 0 Å². The maximum Gasteiger partial charge on any atom is 0.351 e. The van der Waals surface area contributed by atoms with Gasteiger partial charge in [-0.25, -0.2) is 4.79 Å². The Kier molecular flexibility index (Phi) is 4.16. The van der Waals surface area contributed by atoms with Gasteiger partial charge in [-0.05, 0) is 0 Å².